The average molecular weight is 305 g/mol. The first kappa shape index (κ1) is 11.6. The van der Waals surface area contributed by atoms with Crippen molar-refractivity contribution >= 4 is 28.3 Å². The average Bonchev–Trinajstić information content (AvgIpc) is 2.18. The summed E-state index contributed by atoms with van der Waals surface area (Å²) in [4.78, 5) is 0. The molecule has 0 aliphatic heterocycles. The summed E-state index contributed by atoms with van der Waals surface area (Å²) in [6.45, 7) is 4.00. The maximum absolute atomic E-state index is 9.85. The molecule has 0 unspecified atom stereocenters. The third kappa shape index (κ3) is 2.13. The number of phenolic OH excluding ortho intramolecular Hbond substituents is 1. The summed E-state index contributed by atoms with van der Waals surface area (Å²) in [5.74, 6) is 0.372. The smallest absolute Gasteiger partial charge is 0.123 e. The molecule has 0 fully saturated rings. The van der Waals surface area contributed by atoms with Crippen LogP contribution in [0.15, 0.2) is 6.07 Å². The van der Waals surface area contributed by atoms with Crippen LogP contribution >= 0.6 is 22.6 Å². The number of aryl methyl sites for hydroxylation is 2. The van der Waals surface area contributed by atoms with Gasteiger partial charge < -0.3 is 10.8 Å². The fraction of sp³-hybridized carbons (Fsp3) is 0.455. The standard InChI is InChI=1S/C11H16INO/c1-3-8-6-7(2)11(14)9(4-5-12)10(8)13/h6,14H,3-5,13H2,1-2H3. The predicted molar refractivity (Wildman–Crippen MR) is 69.2 cm³/mol. The van der Waals surface area contributed by atoms with Crippen molar-refractivity contribution in [2.75, 3.05) is 10.2 Å². The topological polar surface area (TPSA) is 46.2 Å². The number of anilines is 1. The van der Waals surface area contributed by atoms with Crippen LogP contribution in [-0.4, -0.2) is 9.53 Å². The molecule has 0 atom stereocenters. The molecule has 2 nitrogen and oxygen atoms in total. The highest BCUT2D eigenvalue weighted by Gasteiger charge is 2.11. The molecule has 3 N–H and O–H groups in total. The zero-order valence-corrected chi connectivity index (χ0v) is 10.8. The number of nitrogens with two attached hydrogens (primary N) is 1. The Morgan fingerprint density at radius 3 is 2.64 bits per heavy atom. The summed E-state index contributed by atoms with van der Waals surface area (Å²) in [7, 11) is 0. The predicted octanol–water partition coefficient (Wildman–Crippen LogP) is 2.82. The van der Waals surface area contributed by atoms with Gasteiger partial charge in [0.2, 0.25) is 0 Å². The van der Waals surface area contributed by atoms with Crippen molar-refractivity contribution in [2.45, 2.75) is 26.7 Å². The van der Waals surface area contributed by atoms with Crippen LogP contribution in [-0.2, 0) is 12.8 Å². The van der Waals surface area contributed by atoms with E-state index in [0.717, 1.165) is 39.6 Å². The Labute approximate surface area is 98.7 Å². The Kier molecular flexibility index (Phi) is 4.04. The Hall–Kier alpha value is -0.450. The molecular formula is C11H16INO. The zero-order valence-electron chi connectivity index (χ0n) is 8.60. The maximum Gasteiger partial charge on any atom is 0.123 e. The highest BCUT2D eigenvalue weighted by molar-refractivity contribution is 14.1. The molecule has 14 heavy (non-hydrogen) atoms. The van der Waals surface area contributed by atoms with E-state index in [9.17, 15) is 5.11 Å². The van der Waals surface area contributed by atoms with Gasteiger partial charge in [0, 0.05) is 15.7 Å². The van der Waals surface area contributed by atoms with Crippen molar-refractivity contribution in [3.8, 4) is 5.75 Å². The van der Waals surface area contributed by atoms with Crippen LogP contribution in [0.4, 0.5) is 5.69 Å². The lowest BCUT2D eigenvalue weighted by molar-refractivity contribution is 0.465. The minimum absolute atomic E-state index is 0.372. The van der Waals surface area contributed by atoms with E-state index in [4.69, 9.17) is 5.73 Å². The number of rotatable bonds is 3. The van der Waals surface area contributed by atoms with Gasteiger partial charge in [0.15, 0.2) is 0 Å². The summed E-state index contributed by atoms with van der Waals surface area (Å²) < 4.78 is 0.974. The molecular weight excluding hydrogens is 289 g/mol. The molecule has 0 heterocycles. The highest BCUT2D eigenvalue weighted by atomic mass is 127. The van der Waals surface area contributed by atoms with Crippen molar-refractivity contribution in [1.82, 2.24) is 0 Å². The molecule has 0 bridgehead atoms. The van der Waals surface area contributed by atoms with Crippen molar-refractivity contribution in [3.63, 3.8) is 0 Å². The summed E-state index contributed by atoms with van der Waals surface area (Å²) in [5.41, 5.74) is 9.74. The monoisotopic (exact) mass is 305 g/mol. The largest absolute Gasteiger partial charge is 0.507 e. The molecule has 0 saturated carbocycles. The third-order valence-corrected chi connectivity index (χ3v) is 2.99. The minimum Gasteiger partial charge on any atom is -0.507 e. The van der Waals surface area contributed by atoms with Crippen molar-refractivity contribution in [2.24, 2.45) is 0 Å². The van der Waals surface area contributed by atoms with Gasteiger partial charge in [-0.15, -0.1) is 0 Å². The molecule has 1 rings (SSSR count). The summed E-state index contributed by atoms with van der Waals surface area (Å²) in [6, 6.07) is 1.97. The Bertz CT molecular complexity index is 337. The van der Waals surface area contributed by atoms with Crippen LogP contribution in [0, 0.1) is 6.92 Å². The number of hydrogen-bond donors (Lipinski definition) is 2. The van der Waals surface area contributed by atoms with E-state index >= 15 is 0 Å². The molecule has 0 amide bonds. The van der Waals surface area contributed by atoms with E-state index in [1.807, 2.05) is 13.0 Å². The van der Waals surface area contributed by atoms with Crippen LogP contribution in [0.3, 0.4) is 0 Å². The zero-order chi connectivity index (χ0) is 10.7. The van der Waals surface area contributed by atoms with Crippen molar-refractivity contribution in [3.05, 3.63) is 22.8 Å². The number of nitrogen functional groups attached to an aromatic ring is 1. The van der Waals surface area contributed by atoms with Gasteiger partial charge in [0.25, 0.3) is 0 Å². The van der Waals surface area contributed by atoms with Gasteiger partial charge in [-0.3, -0.25) is 0 Å². The number of alkyl halides is 1. The maximum atomic E-state index is 9.85. The molecule has 1 aromatic carbocycles. The van der Waals surface area contributed by atoms with Gasteiger partial charge in [-0.25, -0.2) is 0 Å². The highest BCUT2D eigenvalue weighted by Crippen LogP contribution is 2.31. The van der Waals surface area contributed by atoms with Crippen LogP contribution in [0.1, 0.15) is 23.6 Å². The minimum atomic E-state index is 0.372. The molecule has 0 saturated heterocycles. The molecule has 0 aliphatic carbocycles. The number of benzene rings is 1. The first-order valence-corrected chi connectivity index (χ1v) is 6.30. The second-order valence-electron chi connectivity index (χ2n) is 3.39. The van der Waals surface area contributed by atoms with Gasteiger partial charge in [0.1, 0.15) is 5.75 Å². The molecule has 0 aliphatic rings. The molecule has 3 heteroatoms. The molecule has 0 radical (unpaired) electrons. The van der Waals surface area contributed by atoms with Crippen molar-refractivity contribution < 1.29 is 5.11 Å². The lowest BCUT2D eigenvalue weighted by Gasteiger charge is -2.13. The van der Waals surface area contributed by atoms with Gasteiger partial charge in [0.05, 0.1) is 0 Å². The van der Waals surface area contributed by atoms with Crippen LogP contribution in [0.5, 0.6) is 5.75 Å². The lowest BCUT2D eigenvalue weighted by atomic mass is 9.99. The molecule has 78 valence electrons. The molecule has 0 aromatic heterocycles. The van der Waals surface area contributed by atoms with Gasteiger partial charge in [-0.1, -0.05) is 35.6 Å². The first-order valence-electron chi connectivity index (χ1n) is 4.77. The Morgan fingerprint density at radius 2 is 2.14 bits per heavy atom. The Balaban J connectivity index is 3.29. The second-order valence-corrected chi connectivity index (χ2v) is 4.46. The van der Waals surface area contributed by atoms with Crippen LogP contribution in [0.2, 0.25) is 0 Å². The van der Waals surface area contributed by atoms with Crippen molar-refractivity contribution in [1.29, 1.82) is 0 Å². The number of aromatic hydroxyl groups is 1. The summed E-state index contributed by atoms with van der Waals surface area (Å²) in [6.07, 6.45) is 1.76. The lowest BCUT2D eigenvalue weighted by Crippen LogP contribution is -2.02. The number of halogens is 1. The van der Waals surface area contributed by atoms with Gasteiger partial charge in [-0.05, 0) is 30.9 Å². The van der Waals surface area contributed by atoms with Gasteiger partial charge >= 0.3 is 0 Å². The fourth-order valence-electron chi connectivity index (χ4n) is 1.61. The van der Waals surface area contributed by atoms with E-state index < -0.39 is 0 Å². The van der Waals surface area contributed by atoms with E-state index in [2.05, 4.69) is 29.5 Å². The van der Waals surface area contributed by atoms with E-state index in [-0.39, 0.29) is 0 Å². The van der Waals surface area contributed by atoms with Crippen LogP contribution < -0.4 is 5.73 Å². The number of phenols is 1. The van der Waals surface area contributed by atoms with E-state index in [1.165, 1.54) is 0 Å². The quantitative estimate of drug-likeness (QED) is 0.512. The fourth-order valence-corrected chi connectivity index (χ4v) is 2.15. The first-order chi connectivity index (χ1) is 6.61. The van der Waals surface area contributed by atoms with Gasteiger partial charge in [-0.2, -0.15) is 0 Å². The number of hydrogen-bond acceptors (Lipinski definition) is 2. The SMILES string of the molecule is CCc1cc(C)c(O)c(CCI)c1N. The summed E-state index contributed by atoms with van der Waals surface area (Å²) in [5, 5.41) is 9.85. The normalized spacial score (nSPS) is 10.5. The molecule has 0 spiro atoms. The summed E-state index contributed by atoms with van der Waals surface area (Å²) >= 11 is 2.29. The van der Waals surface area contributed by atoms with Crippen LogP contribution in [0.25, 0.3) is 0 Å². The Morgan fingerprint density at radius 1 is 1.50 bits per heavy atom. The van der Waals surface area contributed by atoms with E-state index in [0.29, 0.717) is 5.75 Å². The van der Waals surface area contributed by atoms with E-state index in [1.54, 1.807) is 0 Å². The molecule has 1 aromatic rings. The third-order valence-electron chi connectivity index (χ3n) is 2.45. The second kappa shape index (κ2) is 4.87.